The molecule has 0 saturated heterocycles. The Kier molecular flexibility index (Phi) is 4.18. The zero-order chi connectivity index (χ0) is 14.8. The summed E-state index contributed by atoms with van der Waals surface area (Å²) in [6.45, 7) is 1.93. The van der Waals surface area contributed by atoms with E-state index in [1.165, 1.54) is 12.1 Å². The first-order chi connectivity index (χ1) is 9.47. The molecule has 1 atom stereocenters. The van der Waals surface area contributed by atoms with Gasteiger partial charge in [-0.3, -0.25) is 0 Å². The maximum Gasteiger partial charge on any atom is 0.416 e. The second kappa shape index (κ2) is 5.71. The molecule has 1 aromatic heterocycles. The van der Waals surface area contributed by atoms with Crippen LogP contribution in [-0.2, 0) is 12.6 Å². The van der Waals surface area contributed by atoms with Crippen LogP contribution in [0, 0.1) is 0 Å². The fourth-order valence-corrected chi connectivity index (χ4v) is 2.20. The lowest BCUT2D eigenvalue weighted by Gasteiger charge is -2.19. The normalized spacial score (nSPS) is 13.4. The molecule has 108 valence electrons. The molecule has 0 aliphatic heterocycles. The van der Waals surface area contributed by atoms with E-state index in [1.807, 2.05) is 6.92 Å². The first-order valence-electron chi connectivity index (χ1n) is 6.39. The molecule has 20 heavy (non-hydrogen) atoms. The number of benzene rings is 1. The van der Waals surface area contributed by atoms with Gasteiger partial charge in [0, 0.05) is 6.42 Å². The Labute approximate surface area is 115 Å². The van der Waals surface area contributed by atoms with E-state index in [1.54, 1.807) is 25.2 Å². The summed E-state index contributed by atoms with van der Waals surface area (Å²) in [7, 11) is 1.62. The SMILES string of the molecule is CCc1ccc(C(NC)c2ccccc2C(F)(F)F)o1. The van der Waals surface area contributed by atoms with Crippen molar-refractivity contribution in [3.05, 3.63) is 59.0 Å². The highest BCUT2D eigenvalue weighted by Gasteiger charge is 2.35. The van der Waals surface area contributed by atoms with Crippen molar-refractivity contribution in [3.8, 4) is 0 Å². The van der Waals surface area contributed by atoms with Gasteiger partial charge in [-0.1, -0.05) is 25.1 Å². The third-order valence-corrected chi connectivity index (χ3v) is 3.18. The molecule has 0 amide bonds. The minimum atomic E-state index is -4.38. The van der Waals surface area contributed by atoms with E-state index < -0.39 is 17.8 Å². The minimum Gasteiger partial charge on any atom is -0.464 e. The molecule has 1 aromatic carbocycles. The van der Waals surface area contributed by atoms with Gasteiger partial charge in [-0.05, 0) is 30.8 Å². The van der Waals surface area contributed by atoms with Crippen LogP contribution >= 0.6 is 0 Å². The zero-order valence-electron chi connectivity index (χ0n) is 11.3. The summed E-state index contributed by atoms with van der Waals surface area (Å²) >= 11 is 0. The maximum absolute atomic E-state index is 13.1. The smallest absolute Gasteiger partial charge is 0.416 e. The standard InChI is InChI=1S/C15H16F3NO/c1-3-10-8-9-13(20-10)14(19-2)11-6-4-5-7-12(11)15(16,17)18/h4-9,14,19H,3H2,1-2H3. The average molecular weight is 283 g/mol. The van der Waals surface area contributed by atoms with Crippen LogP contribution in [0.2, 0.25) is 0 Å². The summed E-state index contributed by atoms with van der Waals surface area (Å²) in [6, 6.07) is 8.43. The fraction of sp³-hybridized carbons (Fsp3) is 0.333. The van der Waals surface area contributed by atoms with Crippen molar-refractivity contribution in [1.29, 1.82) is 0 Å². The molecule has 0 bridgehead atoms. The van der Waals surface area contributed by atoms with Crippen molar-refractivity contribution in [2.24, 2.45) is 0 Å². The van der Waals surface area contributed by atoms with E-state index in [0.29, 0.717) is 12.2 Å². The quantitative estimate of drug-likeness (QED) is 0.911. The monoisotopic (exact) mass is 283 g/mol. The number of halogens is 3. The molecule has 1 N–H and O–H groups in total. The van der Waals surface area contributed by atoms with E-state index in [-0.39, 0.29) is 5.56 Å². The van der Waals surface area contributed by atoms with E-state index in [0.717, 1.165) is 11.8 Å². The lowest BCUT2D eigenvalue weighted by Crippen LogP contribution is -2.21. The van der Waals surface area contributed by atoms with Crippen molar-refractivity contribution in [2.75, 3.05) is 7.05 Å². The summed E-state index contributed by atoms with van der Waals surface area (Å²) in [5, 5.41) is 2.89. The van der Waals surface area contributed by atoms with Gasteiger partial charge < -0.3 is 9.73 Å². The van der Waals surface area contributed by atoms with E-state index in [9.17, 15) is 13.2 Å². The molecule has 0 saturated carbocycles. The number of hydrogen-bond acceptors (Lipinski definition) is 2. The molecule has 0 fully saturated rings. The highest BCUT2D eigenvalue weighted by Crippen LogP contribution is 2.36. The van der Waals surface area contributed by atoms with Gasteiger partial charge in [0.2, 0.25) is 0 Å². The third kappa shape index (κ3) is 2.88. The Balaban J connectivity index is 2.47. The van der Waals surface area contributed by atoms with Crippen molar-refractivity contribution < 1.29 is 17.6 Å². The lowest BCUT2D eigenvalue weighted by atomic mass is 9.98. The van der Waals surface area contributed by atoms with Gasteiger partial charge in [0.25, 0.3) is 0 Å². The number of nitrogens with one attached hydrogen (secondary N) is 1. The Morgan fingerprint density at radius 2 is 1.85 bits per heavy atom. The predicted molar refractivity (Wildman–Crippen MR) is 70.4 cm³/mol. The molecule has 0 spiro atoms. The topological polar surface area (TPSA) is 25.2 Å². The van der Waals surface area contributed by atoms with Crippen molar-refractivity contribution in [1.82, 2.24) is 5.32 Å². The summed E-state index contributed by atoms with van der Waals surface area (Å²) < 4.78 is 44.8. The number of furan rings is 1. The van der Waals surface area contributed by atoms with Crippen molar-refractivity contribution in [3.63, 3.8) is 0 Å². The van der Waals surface area contributed by atoms with Crippen LogP contribution in [0.25, 0.3) is 0 Å². The van der Waals surface area contributed by atoms with Crippen LogP contribution < -0.4 is 5.32 Å². The van der Waals surface area contributed by atoms with Crippen LogP contribution in [0.3, 0.4) is 0 Å². The van der Waals surface area contributed by atoms with Gasteiger partial charge in [-0.2, -0.15) is 13.2 Å². The number of alkyl halides is 3. The molecule has 2 aromatic rings. The molecule has 2 rings (SSSR count). The van der Waals surface area contributed by atoms with Crippen LogP contribution in [0.15, 0.2) is 40.8 Å². The molecule has 0 aliphatic rings. The van der Waals surface area contributed by atoms with Crippen LogP contribution in [-0.4, -0.2) is 7.05 Å². The van der Waals surface area contributed by atoms with Crippen molar-refractivity contribution in [2.45, 2.75) is 25.6 Å². The summed E-state index contributed by atoms with van der Waals surface area (Å²) in [6.07, 6.45) is -3.68. The number of rotatable bonds is 4. The molecular weight excluding hydrogens is 267 g/mol. The first kappa shape index (κ1) is 14.7. The summed E-state index contributed by atoms with van der Waals surface area (Å²) in [4.78, 5) is 0. The van der Waals surface area contributed by atoms with Gasteiger partial charge in [-0.15, -0.1) is 0 Å². The lowest BCUT2D eigenvalue weighted by molar-refractivity contribution is -0.138. The van der Waals surface area contributed by atoms with E-state index >= 15 is 0 Å². The average Bonchev–Trinajstić information content (AvgIpc) is 2.88. The third-order valence-electron chi connectivity index (χ3n) is 3.18. The Hall–Kier alpha value is -1.75. The van der Waals surface area contributed by atoms with E-state index in [4.69, 9.17) is 4.42 Å². The Morgan fingerprint density at radius 1 is 1.15 bits per heavy atom. The van der Waals surface area contributed by atoms with Crippen molar-refractivity contribution >= 4 is 0 Å². The molecule has 1 unspecified atom stereocenters. The first-order valence-corrected chi connectivity index (χ1v) is 6.39. The minimum absolute atomic E-state index is 0.166. The highest BCUT2D eigenvalue weighted by atomic mass is 19.4. The Bertz CT molecular complexity index is 574. The summed E-state index contributed by atoms with van der Waals surface area (Å²) in [5.41, 5.74) is -0.478. The van der Waals surface area contributed by atoms with Gasteiger partial charge in [-0.25, -0.2) is 0 Å². The number of hydrogen-bond donors (Lipinski definition) is 1. The molecule has 0 aliphatic carbocycles. The van der Waals surface area contributed by atoms with Gasteiger partial charge in [0.1, 0.15) is 11.5 Å². The van der Waals surface area contributed by atoms with Gasteiger partial charge >= 0.3 is 6.18 Å². The second-order valence-electron chi connectivity index (χ2n) is 4.46. The highest BCUT2D eigenvalue weighted by molar-refractivity contribution is 5.36. The number of aryl methyl sites for hydroxylation is 1. The molecule has 5 heteroatoms. The van der Waals surface area contributed by atoms with Crippen LogP contribution in [0.1, 0.15) is 35.6 Å². The fourth-order valence-electron chi connectivity index (χ4n) is 2.20. The second-order valence-corrected chi connectivity index (χ2v) is 4.46. The predicted octanol–water partition coefficient (Wildman–Crippen LogP) is 4.17. The van der Waals surface area contributed by atoms with Crippen LogP contribution in [0.5, 0.6) is 0 Å². The largest absolute Gasteiger partial charge is 0.464 e. The van der Waals surface area contributed by atoms with Crippen LogP contribution in [0.4, 0.5) is 13.2 Å². The molecular formula is C15H16F3NO. The Morgan fingerprint density at radius 3 is 2.40 bits per heavy atom. The molecule has 0 radical (unpaired) electrons. The van der Waals surface area contributed by atoms with E-state index in [2.05, 4.69) is 5.32 Å². The summed E-state index contributed by atoms with van der Waals surface area (Å²) in [5.74, 6) is 1.24. The van der Waals surface area contributed by atoms with Gasteiger partial charge in [0.05, 0.1) is 11.6 Å². The van der Waals surface area contributed by atoms with Gasteiger partial charge in [0.15, 0.2) is 0 Å². The maximum atomic E-state index is 13.1. The zero-order valence-corrected chi connectivity index (χ0v) is 11.3. The molecule has 1 heterocycles. The molecule has 2 nitrogen and oxygen atoms in total.